The van der Waals surface area contributed by atoms with Crippen LogP contribution in [0.1, 0.15) is 38.7 Å². The molecule has 2 aromatic rings. The van der Waals surface area contributed by atoms with Crippen molar-refractivity contribution in [3.05, 3.63) is 53.8 Å². The Morgan fingerprint density at radius 1 is 1.00 bits per heavy atom. The second kappa shape index (κ2) is 11.9. The maximum Gasteiger partial charge on any atom is 0.410 e. The minimum Gasteiger partial charge on any atom is -0.490 e. The fourth-order valence-electron chi connectivity index (χ4n) is 4.72. The predicted molar refractivity (Wildman–Crippen MR) is 136 cm³/mol. The van der Waals surface area contributed by atoms with Crippen molar-refractivity contribution in [1.82, 2.24) is 9.80 Å². The summed E-state index contributed by atoms with van der Waals surface area (Å²) in [5.74, 6) is -0.0695. The molecule has 0 bridgehead atoms. The van der Waals surface area contributed by atoms with Crippen LogP contribution in [0.2, 0.25) is 0 Å². The minimum atomic E-state index is -1.02. The number of alkyl halides is 1. The van der Waals surface area contributed by atoms with Gasteiger partial charge in [0.1, 0.15) is 23.8 Å². The fourth-order valence-corrected chi connectivity index (χ4v) is 4.72. The largest absolute Gasteiger partial charge is 0.490 e. The summed E-state index contributed by atoms with van der Waals surface area (Å²) in [5.41, 5.74) is 7.89. The summed E-state index contributed by atoms with van der Waals surface area (Å²) in [6.45, 7) is 5.24. The zero-order chi connectivity index (χ0) is 26.5. The normalized spacial score (nSPS) is 19.2. The average molecular weight is 516 g/mol. The van der Waals surface area contributed by atoms with E-state index in [4.69, 9.17) is 15.2 Å². The number of halogens is 2. The van der Waals surface area contributed by atoms with E-state index in [0.717, 1.165) is 18.4 Å². The summed E-state index contributed by atoms with van der Waals surface area (Å²) in [7, 11) is 0. The highest BCUT2D eigenvalue weighted by molar-refractivity contribution is 5.82. The molecule has 2 aliphatic heterocycles. The molecular weight excluding hydrogens is 480 g/mol. The average Bonchev–Trinajstić information content (AvgIpc) is 3.31. The smallest absolute Gasteiger partial charge is 0.410 e. The quantitative estimate of drug-likeness (QED) is 0.594. The number of ether oxygens (including phenoxy) is 2. The van der Waals surface area contributed by atoms with Crippen LogP contribution in [-0.2, 0) is 16.0 Å². The van der Waals surface area contributed by atoms with Gasteiger partial charge in [-0.25, -0.2) is 13.6 Å². The van der Waals surface area contributed by atoms with Crippen LogP contribution < -0.4 is 10.5 Å². The first-order valence-electron chi connectivity index (χ1n) is 12.9. The fraction of sp³-hybridized carbons (Fsp3) is 0.500. The summed E-state index contributed by atoms with van der Waals surface area (Å²) in [5, 5.41) is 0. The molecule has 0 radical (unpaired) electrons. The third-order valence-corrected chi connectivity index (χ3v) is 6.78. The predicted octanol–water partition coefficient (Wildman–Crippen LogP) is 4.32. The van der Waals surface area contributed by atoms with Gasteiger partial charge in [0, 0.05) is 32.5 Å². The summed E-state index contributed by atoms with van der Waals surface area (Å²) in [6.07, 6.45) is 0.380. The maximum absolute atomic E-state index is 14.8. The van der Waals surface area contributed by atoms with Crippen LogP contribution in [0.3, 0.4) is 0 Å². The first-order chi connectivity index (χ1) is 17.7. The first kappa shape index (κ1) is 26.9. The van der Waals surface area contributed by atoms with E-state index in [1.807, 2.05) is 38.1 Å². The van der Waals surface area contributed by atoms with Crippen molar-refractivity contribution in [2.24, 2.45) is 5.73 Å². The summed E-state index contributed by atoms with van der Waals surface area (Å²) < 4.78 is 39.6. The number of hydrogen-bond acceptors (Lipinski definition) is 5. The van der Waals surface area contributed by atoms with E-state index in [9.17, 15) is 18.4 Å². The molecule has 200 valence electrons. The van der Waals surface area contributed by atoms with Crippen molar-refractivity contribution in [1.29, 1.82) is 0 Å². The molecule has 2 heterocycles. The highest BCUT2D eigenvalue weighted by Crippen LogP contribution is 2.27. The van der Waals surface area contributed by atoms with Gasteiger partial charge in [-0.2, -0.15) is 0 Å². The Labute approximate surface area is 216 Å². The zero-order valence-electron chi connectivity index (χ0n) is 21.4. The molecule has 0 aromatic heterocycles. The van der Waals surface area contributed by atoms with Crippen molar-refractivity contribution >= 4 is 12.0 Å². The Balaban J connectivity index is 1.30. The summed E-state index contributed by atoms with van der Waals surface area (Å²) in [4.78, 5) is 27.6. The van der Waals surface area contributed by atoms with Crippen LogP contribution in [0.4, 0.5) is 13.6 Å². The van der Waals surface area contributed by atoms with Crippen molar-refractivity contribution in [3.63, 3.8) is 0 Å². The third-order valence-electron chi connectivity index (χ3n) is 6.78. The van der Waals surface area contributed by atoms with Crippen LogP contribution in [0.25, 0.3) is 11.1 Å². The number of nitrogens with two attached hydrogens (primary N) is 1. The monoisotopic (exact) mass is 515 g/mol. The minimum absolute atomic E-state index is 0.00828. The van der Waals surface area contributed by atoms with Crippen molar-refractivity contribution in [2.75, 3.05) is 26.2 Å². The van der Waals surface area contributed by atoms with Crippen LogP contribution in [0.5, 0.6) is 5.75 Å². The van der Waals surface area contributed by atoms with Crippen LogP contribution >= 0.6 is 0 Å². The van der Waals surface area contributed by atoms with Gasteiger partial charge in [0.15, 0.2) is 0 Å². The lowest BCUT2D eigenvalue weighted by Crippen LogP contribution is -2.44. The molecule has 2 aliphatic rings. The number of hydrogen-bond donors (Lipinski definition) is 1. The summed E-state index contributed by atoms with van der Waals surface area (Å²) >= 11 is 0. The van der Waals surface area contributed by atoms with Crippen LogP contribution in [0, 0.1) is 5.82 Å². The standard InChI is InChI=1S/C28H35F2N3O4/c1-18(2)36-28(35)32-13-10-24(11-14-32)37-23-7-5-19(6-8-23)20-3-4-21(25(30)15-20)16-26(31)27(34)33-12-9-22(29)17-33/h3-8,15,18,22,24,26H,9-14,16-17,31H2,1-2H3. The Morgan fingerprint density at radius 3 is 2.24 bits per heavy atom. The van der Waals surface area contributed by atoms with Crippen molar-refractivity contribution in [3.8, 4) is 16.9 Å². The molecule has 2 amide bonds. The number of carbonyl (C=O) groups is 2. The third kappa shape index (κ3) is 6.97. The topological polar surface area (TPSA) is 85.1 Å². The van der Waals surface area contributed by atoms with E-state index in [0.29, 0.717) is 42.9 Å². The molecule has 2 saturated heterocycles. The van der Waals surface area contributed by atoms with E-state index < -0.39 is 18.0 Å². The van der Waals surface area contributed by atoms with Gasteiger partial charge in [-0.1, -0.05) is 24.3 Å². The molecule has 2 aromatic carbocycles. The molecule has 37 heavy (non-hydrogen) atoms. The number of carbonyl (C=O) groups excluding carboxylic acids is 2. The second-order valence-corrected chi connectivity index (χ2v) is 10.0. The van der Waals surface area contributed by atoms with E-state index in [-0.39, 0.29) is 37.2 Å². The lowest BCUT2D eigenvalue weighted by atomic mass is 9.99. The Morgan fingerprint density at radius 2 is 1.65 bits per heavy atom. The molecule has 7 nitrogen and oxygen atoms in total. The molecule has 4 rings (SSSR count). The first-order valence-corrected chi connectivity index (χ1v) is 12.9. The zero-order valence-corrected chi connectivity index (χ0v) is 21.4. The highest BCUT2D eigenvalue weighted by atomic mass is 19.1. The SMILES string of the molecule is CC(C)OC(=O)N1CCC(Oc2ccc(-c3ccc(CC(N)C(=O)N4CCC(F)C4)c(F)c3)cc2)CC1. The number of amides is 2. The Kier molecular flexibility index (Phi) is 8.63. The molecule has 2 N–H and O–H groups in total. The lowest BCUT2D eigenvalue weighted by Gasteiger charge is -2.32. The molecular formula is C28H35F2N3O4. The van der Waals surface area contributed by atoms with E-state index >= 15 is 0 Å². The maximum atomic E-state index is 14.8. The Bertz CT molecular complexity index is 1090. The van der Waals surface area contributed by atoms with Gasteiger partial charge in [0.2, 0.25) is 5.91 Å². The number of rotatable bonds is 7. The molecule has 0 saturated carbocycles. The molecule has 0 spiro atoms. The molecule has 2 unspecified atom stereocenters. The van der Waals surface area contributed by atoms with Crippen molar-refractivity contribution < 1.29 is 27.8 Å². The lowest BCUT2D eigenvalue weighted by molar-refractivity contribution is -0.131. The van der Waals surface area contributed by atoms with Gasteiger partial charge in [0.05, 0.1) is 18.7 Å². The molecule has 2 atom stereocenters. The number of benzene rings is 2. The summed E-state index contributed by atoms with van der Waals surface area (Å²) in [6, 6.07) is 11.4. The van der Waals surface area contributed by atoms with Gasteiger partial charge < -0.3 is 25.0 Å². The van der Waals surface area contributed by atoms with Crippen LogP contribution in [-0.4, -0.2) is 72.4 Å². The van der Waals surface area contributed by atoms with Gasteiger partial charge in [-0.3, -0.25) is 4.79 Å². The number of nitrogens with zero attached hydrogens (tertiary/aromatic N) is 2. The molecule has 9 heteroatoms. The van der Waals surface area contributed by atoms with Gasteiger partial charge >= 0.3 is 6.09 Å². The van der Waals surface area contributed by atoms with E-state index in [2.05, 4.69) is 0 Å². The second-order valence-electron chi connectivity index (χ2n) is 10.0. The Hall–Kier alpha value is -3.20. The van der Waals surface area contributed by atoms with Crippen LogP contribution in [0.15, 0.2) is 42.5 Å². The molecule has 2 fully saturated rings. The van der Waals surface area contributed by atoms with Crippen molar-refractivity contribution in [2.45, 2.75) is 64.0 Å². The van der Waals surface area contributed by atoms with Gasteiger partial charge in [-0.15, -0.1) is 0 Å². The van der Waals surface area contributed by atoms with E-state index in [1.165, 1.54) is 11.0 Å². The number of piperidine rings is 1. The van der Waals surface area contributed by atoms with Gasteiger partial charge in [0.25, 0.3) is 0 Å². The molecule has 0 aliphatic carbocycles. The highest BCUT2D eigenvalue weighted by Gasteiger charge is 2.29. The van der Waals surface area contributed by atoms with Gasteiger partial charge in [-0.05, 0) is 61.6 Å². The number of likely N-dealkylation sites (tertiary alicyclic amines) is 2. The van der Waals surface area contributed by atoms with E-state index in [1.54, 1.807) is 17.0 Å².